The Hall–Kier alpha value is 0.0900. The lowest BCUT2D eigenvalue weighted by Gasteiger charge is -2.20. The molecular formula is C24H46S. The molecule has 1 heterocycles. The molecule has 0 radical (unpaired) electrons. The van der Waals surface area contributed by atoms with Gasteiger partial charge in [-0.15, -0.1) is 11.8 Å². The van der Waals surface area contributed by atoms with Gasteiger partial charge in [-0.05, 0) is 36.0 Å². The van der Waals surface area contributed by atoms with Crippen molar-refractivity contribution >= 4 is 11.8 Å². The minimum absolute atomic E-state index is 0.890. The van der Waals surface area contributed by atoms with Crippen LogP contribution >= 0.6 is 11.8 Å². The summed E-state index contributed by atoms with van der Waals surface area (Å²) in [6.45, 7) is 7.12. The second kappa shape index (κ2) is 16.3. The Morgan fingerprint density at radius 2 is 1.36 bits per heavy atom. The van der Waals surface area contributed by atoms with E-state index in [1.807, 2.05) is 0 Å². The highest BCUT2D eigenvalue weighted by Gasteiger charge is 2.18. The SMILES string of the molecule is CCCCCCCCC(C)CCC(CCCCCCC)C1=CCCS1. The molecule has 1 rings (SSSR count). The third kappa shape index (κ3) is 12.2. The number of unbranched alkanes of at least 4 members (excludes halogenated alkanes) is 9. The summed E-state index contributed by atoms with van der Waals surface area (Å²) in [4.78, 5) is 1.75. The van der Waals surface area contributed by atoms with Crippen LogP contribution in [0.15, 0.2) is 11.0 Å². The van der Waals surface area contributed by atoms with E-state index in [0.29, 0.717) is 0 Å². The van der Waals surface area contributed by atoms with Crippen LogP contribution in [0.5, 0.6) is 0 Å². The van der Waals surface area contributed by atoms with E-state index < -0.39 is 0 Å². The molecule has 2 unspecified atom stereocenters. The Labute approximate surface area is 164 Å². The predicted molar refractivity (Wildman–Crippen MR) is 118 cm³/mol. The molecule has 0 saturated heterocycles. The molecule has 1 heteroatoms. The zero-order valence-corrected chi connectivity index (χ0v) is 18.5. The van der Waals surface area contributed by atoms with Crippen molar-refractivity contribution in [2.24, 2.45) is 11.8 Å². The first-order valence-electron chi connectivity index (χ1n) is 11.6. The second-order valence-corrected chi connectivity index (χ2v) is 9.55. The van der Waals surface area contributed by atoms with Gasteiger partial charge in [0.05, 0.1) is 0 Å². The molecule has 2 atom stereocenters. The first-order valence-corrected chi connectivity index (χ1v) is 12.6. The minimum Gasteiger partial charge on any atom is -0.130 e. The van der Waals surface area contributed by atoms with Gasteiger partial charge in [0, 0.05) is 5.75 Å². The van der Waals surface area contributed by atoms with E-state index in [1.165, 1.54) is 108 Å². The van der Waals surface area contributed by atoms with Crippen molar-refractivity contribution < 1.29 is 0 Å². The van der Waals surface area contributed by atoms with Gasteiger partial charge < -0.3 is 0 Å². The van der Waals surface area contributed by atoms with Crippen LogP contribution in [0.3, 0.4) is 0 Å². The van der Waals surface area contributed by atoms with Crippen LogP contribution in [-0.4, -0.2) is 5.75 Å². The fourth-order valence-electron chi connectivity index (χ4n) is 4.05. The number of hydrogen-bond donors (Lipinski definition) is 0. The van der Waals surface area contributed by atoms with E-state index >= 15 is 0 Å². The molecule has 0 aliphatic carbocycles. The average Bonchev–Trinajstić information content (AvgIpc) is 3.15. The van der Waals surface area contributed by atoms with Crippen LogP contribution in [0.25, 0.3) is 0 Å². The van der Waals surface area contributed by atoms with Gasteiger partial charge in [-0.3, -0.25) is 0 Å². The van der Waals surface area contributed by atoms with E-state index in [1.54, 1.807) is 4.91 Å². The third-order valence-electron chi connectivity index (χ3n) is 5.85. The zero-order valence-electron chi connectivity index (χ0n) is 17.7. The van der Waals surface area contributed by atoms with Gasteiger partial charge in [0.2, 0.25) is 0 Å². The third-order valence-corrected chi connectivity index (χ3v) is 7.12. The number of allylic oxidation sites excluding steroid dienone is 2. The molecule has 0 aromatic rings. The lowest BCUT2D eigenvalue weighted by molar-refractivity contribution is 0.394. The molecule has 148 valence electrons. The van der Waals surface area contributed by atoms with E-state index in [4.69, 9.17) is 0 Å². The van der Waals surface area contributed by atoms with Gasteiger partial charge >= 0.3 is 0 Å². The van der Waals surface area contributed by atoms with Crippen LogP contribution in [-0.2, 0) is 0 Å². The minimum atomic E-state index is 0.890. The van der Waals surface area contributed by atoms with Crippen LogP contribution in [0.1, 0.15) is 124 Å². The lowest BCUT2D eigenvalue weighted by Crippen LogP contribution is -2.05. The highest BCUT2D eigenvalue weighted by atomic mass is 32.2. The van der Waals surface area contributed by atoms with Crippen molar-refractivity contribution in [3.63, 3.8) is 0 Å². The molecule has 0 bridgehead atoms. The Morgan fingerprint density at radius 1 is 0.760 bits per heavy atom. The maximum Gasteiger partial charge on any atom is 0.00118 e. The van der Waals surface area contributed by atoms with Crippen molar-refractivity contribution in [2.45, 2.75) is 124 Å². The second-order valence-electron chi connectivity index (χ2n) is 8.38. The first kappa shape index (κ1) is 23.1. The first-order chi connectivity index (χ1) is 12.3. The maximum atomic E-state index is 2.56. The maximum absolute atomic E-state index is 2.56. The van der Waals surface area contributed by atoms with Gasteiger partial charge in [-0.2, -0.15) is 0 Å². The monoisotopic (exact) mass is 366 g/mol. The van der Waals surface area contributed by atoms with Crippen molar-refractivity contribution in [1.82, 2.24) is 0 Å². The zero-order chi connectivity index (χ0) is 18.2. The lowest BCUT2D eigenvalue weighted by atomic mass is 9.89. The summed E-state index contributed by atoms with van der Waals surface area (Å²) >= 11 is 2.16. The van der Waals surface area contributed by atoms with E-state index in [-0.39, 0.29) is 0 Å². The Morgan fingerprint density at radius 3 is 1.96 bits per heavy atom. The molecular weight excluding hydrogens is 320 g/mol. The standard InChI is InChI=1S/C24H46S/c1-4-6-8-10-12-13-16-22(3)19-20-23(24-18-15-21-25-24)17-14-11-9-7-5-2/h18,22-23H,4-17,19-21H2,1-3H3. The summed E-state index contributed by atoms with van der Waals surface area (Å²) < 4.78 is 0. The summed E-state index contributed by atoms with van der Waals surface area (Å²) in [5.74, 6) is 3.16. The highest BCUT2D eigenvalue weighted by Crippen LogP contribution is 2.37. The molecule has 25 heavy (non-hydrogen) atoms. The quantitative estimate of drug-likeness (QED) is 0.231. The summed E-state index contributed by atoms with van der Waals surface area (Å²) in [6, 6.07) is 0. The van der Waals surface area contributed by atoms with Crippen LogP contribution < -0.4 is 0 Å². The normalized spacial score (nSPS) is 16.8. The molecule has 0 aromatic heterocycles. The van der Waals surface area contributed by atoms with E-state index in [0.717, 1.165) is 11.8 Å². The molecule has 0 amide bonds. The molecule has 0 fully saturated rings. The van der Waals surface area contributed by atoms with Crippen molar-refractivity contribution in [1.29, 1.82) is 0 Å². The molecule has 0 aromatic carbocycles. The Bertz CT molecular complexity index is 320. The van der Waals surface area contributed by atoms with Gasteiger partial charge in [0.25, 0.3) is 0 Å². The van der Waals surface area contributed by atoms with Gasteiger partial charge in [-0.1, -0.05) is 110 Å². The van der Waals surface area contributed by atoms with E-state index in [9.17, 15) is 0 Å². The summed E-state index contributed by atoms with van der Waals surface area (Å²) in [5, 5.41) is 0. The van der Waals surface area contributed by atoms with Gasteiger partial charge in [0.1, 0.15) is 0 Å². The largest absolute Gasteiger partial charge is 0.130 e. The van der Waals surface area contributed by atoms with Crippen LogP contribution in [0.4, 0.5) is 0 Å². The summed E-state index contributed by atoms with van der Waals surface area (Å²) in [7, 11) is 0. The van der Waals surface area contributed by atoms with Crippen molar-refractivity contribution in [3.8, 4) is 0 Å². The molecule has 1 aliphatic heterocycles. The molecule has 0 saturated carbocycles. The topological polar surface area (TPSA) is 0 Å². The Kier molecular flexibility index (Phi) is 15.1. The predicted octanol–water partition coefficient (Wildman–Crippen LogP) is 9.15. The highest BCUT2D eigenvalue weighted by molar-refractivity contribution is 8.03. The smallest absolute Gasteiger partial charge is 0.00118 e. The number of hydrogen-bond acceptors (Lipinski definition) is 1. The fraction of sp³-hybridized carbons (Fsp3) is 0.917. The Balaban J connectivity index is 2.17. The molecule has 0 spiro atoms. The average molecular weight is 367 g/mol. The number of thioether (sulfide) groups is 1. The molecule has 0 nitrogen and oxygen atoms in total. The number of rotatable bonds is 17. The van der Waals surface area contributed by atoms with Gasteiger partial charge in [0.15, 0.2) is 0 Å². The van der Waals surface area contributed by atoms with E-state index in [2.05, 4.69) is 38.6 Å². The molecule has 1 aliphatic rings. The van der Waals surface area contributed by atoms with Gasteiger partial charge in [-0.25, -0.2) is 0 Å². The van der Waals surface area contributed by atoms with Crippen LogP contribution in [0, 0.1) is 11.8 Å². The van der Waals surface area contributed by atoms with Crippen molar-refractivity contribution in [3.05, 3.63) is 11.0 Å². The molecule has 0 N–H and O–H groups in total. The fourth-order valence-corrected chi connectivity index (χ4v) is 5.23. The van der Waals surface area contributed by atoms with Crippen LogP contribution in [0.2, 0.25) is 0 Å². The summed E-state index contributed by atoms with van der Waals surface area (Å²) in [5.41, 5.74) is 0. The van der Waals surface area contributed by atoms with Crippen molar-refractivity contribution in [2.75, 3.05) is 5.75 Å². The summed E-state index contributed by atoms with van der Waals surface area (Å²) in [6.07, 6.45) is 25.5.